The molecule has 0 amide bonds. The Bertz CT molecular complexity index is 598. The summed E-state index contributed by atoms with van der Waals surface area (Å²) in [6.45, 7) is 4.27. The molecule has 0 saturated carbocycles. The minimum atomic E-state index is -3.11. The first-order chi connectivity index (χ1) is 9.19. The van der Waals surface area contributed by atoms with E-state index in [2.05, 4.69) is 5.32 Å². The van der Waals surface area contributed by atoms with E-state index >= 15 is 0 Å². The highest BCUT2D eigenvalue weighted by atomic mass is 32.2. The van der Waals surface area contributed by atoms with Crippen molar-refractivity contribution in [1.82, 2.24) is 5.32 Å². The van der Waals surface area contributed by atoms with E-state index in [0.717, 1.165) is 5.56 Å². The van der Waals surface area contributed by atoms with Crippen LogP contribution in [0.15, 0.2) is 18.2 Å². The van der Waals surface area contributed by atoms with Gasteiger partial charge >= 0.3 is 0 Å². The fraction of sp³-hybridized carbons (Fsp3) is 0.571. The summed E-state index contributed by atoms with van der Waals surface area (Å²) in [5.41, 5.74) is 0.860. The van der Waals surface area contributed by atoms with Gasteiger partial charge in [-0.15, -0.1) is 0 Å². The van der Waals surface area contributed by atoms with Gasteiger partial charge in [-0.25, -0.2) is 12.8 Å². The lowest BCUT2D eigenvalue weighted by molar-refractivity contribution is 0.226. The maximum atomic E-state index is 13.1. The molecule has 112 valence electrons. The zero-order valence-corrected chi connectivity index (χ0v) is 12.8. The quantitative estimate of drug-likeness (QED) is 0.896. The monoisotopic (exact) mass is 301 g/mol. The van der Waals surface area contributed by atoms with Crippen molar-refractivity contribution in [1.29, 1.82) is 0 Å². The molecule has 1 N–H and O–H groups in total. The molecule has 0 fully saturated rings. The average Bonchev–Trinajstić information content (AvgIpc) is 2.68. The fourth-order valence-corrected chi connectivity index (χ4v) is 2.43. The Kier molecular flexibility index (Phi) is 4.07. The van der Waals surface area contributed by atoms with E-state index in [1.54, 1.807) is 19.9 Å². The molecule has 2 rings (SSSR count). The van der Waals surface area contributed by atoms with Crippen molar-refractivity contribution in [3.8, 4) is 5.75 Å². The smallest absolute Gasteiger partial charge is 0.153 e. The molecule has 6 heteroatoms. The lowest BCUT2D eigenvalue weighted by atomic mass is 10.1. The van der Waals surface area contributed by atoms with Crippen molar-refractivity contribution >= 4 is 9.84 Å². The Balaban J connectivity index is 1.86. The van der Waals surface area contributed by atoms with Crippen LogP contribution in [0.3, 0.4) is 0 Å². The zero-order valence-electron chi connectivity index (χ0n) is 11.9. The van der Waals surface area contributed by atoms with Crippen LogP contribution in [0.5, 0.6) is 5.75 Å². The predicted molar refractivity (Wildman–Crippen MR) is 76.3 cm³/mol. The number of fused-ring (bicyclic) bond motifs is 1. The summed E-state index contributed by atoms with van der Waals surface area (Å²) in [5, 5.41) is 3.13. The Morgan fingerprint density at radius 1 is 1.45 bits per heavy atom. The van der Waals surface area contributed by atoms with Crippen molar-refractivity contribution in [3.05, 3.63) is 29.6 Å². The molecular formula is C14H20FNO3S. The molecule has 1 aliphatic heterocycles. The third-order valence-corrected chi connectivity index (χ3v) is 5.84. The van der Waals surface area contributed by atoms with Crippen LogP contribution in [0.25, 0.3) is 0 Å². The van der Waals surface area contributed by atoms with E-state index in [4.69, 9.17) is 4.74 Å². The third kappa shape index (κ3) is 3.30. The number of rotatable bonds is 5. The number of ether oxygens (including phenoxy) is 1. The van der Waals surface area contributed by atoms with Gasteiger partial charge < -0.3 is 10.1 Å². The van der Waals surface area contributed by atoms with Crippen molar-refractivity contribution in [2.75, 3.05) is 19.3 Å². The van der Waals surface area contributed by atoms with Crippen molar-refractivity contribution in [2.45, 2.75) is 31.1 Å². The summed E-state index contributed by atoms with van der Waals surface area (Å²) in [5.74, 6) is 0.444. The lowest BCUT2D eigenvalue weighted by Gasteiger charge is -2.23. The van der Waals surface area contributed by atoms with Crippen LogP contribution in [0, 0.1) is 5.82 Å². The molecule has 1 aliphatic rings. The molecule has 0 aromatic heterocycles. The van der Waals surface area contributed by atoms with Gasteiger partial charge in [0.25, 0.3) is 0 Å². The summed E-state index contributed by atoms with van der Waals surface area (Å²) in [7, 11) is -3.11. The normalized spacial score (nSPS) is 18.7. The second-order valence-electron chi connectivity index (χ2n) is 5.86. The first-order valence-electron chi connectivity index (χ1n) is 6.54. The average molecular weight is 301 g/mol. The Morgan fingerprint density at radius 2 is 2.15 bits per heavy atom. The number of benzene rings is 1. The van der Waals surface area contributed by atoms with E-state index in [9.17, 15) is 12.8 Å². The first kappa shape index (κ1) is 15.3. The van der Waals surface area contributed by atoms with E-state index in [0.29, 0.717) is 25.3 Å². The summed E-state index contributed by atoms with van der Waals surface area (Å²) in [4.78, 5) is 0. The minimum absolute atomic E-state index is 0.0813. The molecule has 0 aliphatic carbocycles. The predicted octanol–water partition coefficient (Wildman–Crippen LogP) is 1.54. The topological polar surface area (TPSA) is 55.4 Å². The van der Waals surface area contributed by atoms with E-state index in [-0.39, 0.29) is 11.9 Å². The highest BCUT2D eigenvalue weighted by molar-refractivity contribution is 7.92. The van der Waals surface area contributed by atoms with Crippen molar-refractivity contribution < 1.29 is 17.5 Å². The molecule has 4 nitrogen and oxygen atoms in total. The van der Waals surface area contributed by atoms with Gasteiger partial charge in [0.05, 0.1) is 4.75 Å². The summed E-state index contributed by atoms with van der Waals surface area (Å²) in [6.07, 6.45) is 1.79. The molecule has 1 aromatic rings. The van der Waals surface area contributed by atoms with Gasteiger partial charge in [-0.05, 0) is 32.0 Å². The SMILES string of the molecule is CC(C)(CNCC1Cc2cc(F)ccc2O1)S(C)(=O)=O. The van der Waals surface area contributed by atoms with Gasteiger partial charge in [-0.2, -0.15) is 0 Å². The number of halogens is 1. The number of hydrogen-bond acceptors (Lipinski definition) is 4. The van der Waals surface area contributed by atoms with Gasteiger partial charge in [0.2, 0.25) is 0 Å². The molecule has 0 bridgehead atoms. The first-order valence-corrected chi connectivity index (χ1v) is 8.43. The largest absolute Gasteiger partial charge is 0.488 e. The van der Waals surface area contributed by atoms with E-state index < -0.39 is 14.6 Å². The highest BCUT2D eigenvalue weighted by Gasteiger charge is 2.30. The van der Waals surface area contributed by atoms with Crippen LogP contribution in [-0.4, -0.2) is 38.6 Å². The van der Waals surface area contributed by atoms with Crippen molar-refractivity contribution in [2.24, 2.45) is 0 Å². The summed E-state index contributed by atoms with van der Waals surface area (Å²) < 4.78 is 41.1. The van der Waals surface area contributed by atoms with Crippen LogP contribution in [-0.2, 0) is 16.3 Å². The fourth-order valence-electron chi connectivity index (χ4n) is 2.07. The summed E-state index contributed by atoms with van der Waals surface area (Å²) >= 11 is 0. The second kappa shape index (κ2) is 5.33. The Hall–Kier alpha value is -1.14. The standard InChI is InChI=1S/C14H20FNO3S/c1-14(2,20(3,17)18)9-16-8-12-7-10-6-11(15)4-5-13(10)19-12/h4-6,12,16H,7-9H2,1-3H3. The molecule has 20 heavy (non-hydrogen) atoms. The maximum absolute atomic E-state index is 13.1. The van der Waals surface area contributed by atoms with Crippen LogP contribution < -0.4 is 10.1 Å². The summed E-state index contributed by atoms with van der Waals surface area (Å²) in [6, 6.07) is 4.49. The molecule has 0 saturated heterocycles. The van der Waals surface area contributed by atoms with Gasteiger partial charge in [-0.3, -0.25) is 0 Å². The molecular weight excluding hydrogens is 281 g/mol. The second-order valence-corrected chi connectivity index (χ2v) is 8.51. The molecule has 0 spiro atoms. The minimum Gasteiger partial charge on any atom is -0.488 e. The molecule has 1 heterocycles. The third-order valence-electron chi connectivity index (χ3n) is 3.69. The van der Waals surface area contributed by atoms with Crippen LogP contribution in [0.1, 0.15) is 19.4 Å². The van der Waals surface area contributed by atoms with Gasteiger partial charge in [0.1, 0.15) is 17.7 Å². The highest BCUT2D eigenvalue weighted by Crippen LogP contribution is 2.29. The molecule has 1 unspecified atom stereocenters. The molecule has 1 aromatic carbocycles. The Labute approximate surface area is 119 Å². The number of hydrogen-bond donors (Lipinski definition) is 1. The van der Waals surface area contributed by atoms with Crippen LogP contribution in [0.4, 0.5) is 4.39 Å². The maximum Gasteiger partial charge on any atom is 0.153 e. The van der Waals surface area contributed by atoms with Crippen LogP contribution >= 0.6 is 0 Å². The van der Waals surface area contributed by atoms with E-state index in [1.165, 1.54) is 18.4 Å². The number of nitrogens with one attached hydrogen (secondary N) is 1. The van der Waals surface area contributed by atoms with Gasteiger partial charge in [0, 0.05) is 31.3 Å². The van der Waals surface area contributed by atoms with Crippen LogP contribution in [0.2, 0.25) is 0 Å². The Morgan fingerprint density at radius 3 is 2.80 bits per heavy atom. The van der Waals surface area contributed by atoms with E-state index in [1.807, 2.05) is 0 Å². The van der Waals surface area contributed by atoms with Gasteiger partial charge in [-0.1, -0.05) is 0 Å². The number of sulfone groups is 1. The van der Waals surface area contributed by atoms with Crippen molar-refractivity contribution in [3.63, 3.8) is 0 Å². The van der Waals surface area contributed by atoms with Gasteiger partial charge in [0.15, 0.2) is 9.84 Å². The molecule has 0 radical (unpaired) electrons. The zero-order chi connectivity index (χ0) is 15.0. The lowest BCUT2D eigenvalue weighted by Crippen LogP contribution is -2.44. The molecule has 1 atom stereocenters.